The van der Waals surface area contributed by atoms with Crippen LogP contribution in [0.4, 0.5) is 10.5 Å². The number of thiocarbonyl (C=S) groups is 1. The van der Waals surface area contributed by atoms with Crippen LogP contribution in [-0.2, 0) is 9.53 Å². The van der Waals surface area contributed by atoms with Gasteiger partial charge in [0, 0.05) is 12.5 Å². The van der Waals surface area contributed by atoms with Crippen LogP contribution in [0.3, 0.4) is 0 Å². The smallest absolute Gasteiger partial charge is 0.417 e. The van der Waals surface area contributed by atoms with Gasteiger partial charge in [-0.15, -0.1) is 6.58 Å². The van der Waals surface area contributed by atoms with Gasteiger partial charge in [-0.2, -0.15) is 0 Å². The highest BCUT2D eigenvalue weighted by atomic mass is 35.5. The Hall–Kier alpha value is -2.58. The summed E-state index contributed by atoms with van der Waals surface area (Å²) in [6, 6.07) is 4.98. The van der Waals surface area contributed by atoms with Crippen molar-refractivity contribution in [1.29, 1.82) is 0 Å². The van der Waals surface area contributed by atoms with Crippen molar-refractivity contribution in [3.05, 3.63) is 47.2 Å². The van der Waals surface area contributed by atoms with Crippen molar-refractivity contribution in [2.45, 2.75) is 32.8 Å². The molecule has 1 atom stereocenters. The van der Waals surface area contributed by atoms with E-state index in [9.17, 15) is 14.7 Å². The Morgan fingerprint density at radius 2 is 2.13 bits per heavy atom. The molecule has 0 spiro atoms. The zero-order valence-corrected chi connectivity index (χ0v) is 18.9. The molecule has 162 valence electrons. The number of carbonyl (C=O) groups is 2. The predicted octanol–water partition coefficient (Wildman–Crippen LogP) is 4.87. The van der Waals surface area contributed by atoms with Crippen molar-refractivity contribution in [1.82, 2.24) is 4.90 Å². The number of methoxy groups -OCH3 is 1. The van der Waals surface area contributed by atoms with E-state index in [0.717, 1.165) is 4.90 Å². The maximum atomic E-state index is 13.1. The molecule has 1 aliphatic rings. The Bertz CT molecular complexity index is 907. The van der Waals surface area contributed by atoms with Gasteiger partial charge in [-0.1, -0.05) is 36.0 Å². The van der Waals surface area contributed by atoms with Crippen molar-refractivity contribution in [3.63, 3.8) is 0 Å². The summed E-state index contributed by atoms with van der Waals surface area (Å²) < 4.78 is 10.6. The molecule has 30 heavy (non-hydrogen) atoms. The van der Waals surface area contributed by atoms with Gasteiger partial charge in [-0.05, 0) is 39.3 Å². The molecule has 1 aromatic carbocycles. The molecule has 0 fully saturated rings. The van der Waals surface area contributed by atoms with Crippen molar-refractivity contribution >= 4 is 46.5 Å². The van der Waals surface area contributed by atoms with Gasteiger partial charge in [-0.3, -0.25) is 4.79 Å². The highest BCUT2D eigenvalue weighted by Gasteiger charge is 2.40. The predicted molar refractivity (Wildman–Crippen MR) is 120 cm³/mol. The fourth-order valence-corrected chi connectivity index (χ4v) is 3.47. The van der Waals surface area contributed by atoms with Gasteiger partial charge in [0.25, 0.3) is 5.91 Å². The highest BCUT2D eigenvalue weighted by Crippen LogP contribution is 2.34. The first-order valence-corrected chi connectivity index (χ1v) is 10.0. The molecule has 1 heterocycles. The number of amides is 2. The van der Waals surface area contributed by atoms with Gasteiger partial charge in [0.15, 0.2) is 5.75 Å². The number of anilines is 1. The molecule has 2 rings (SSSR count). The first-order valence-electron chi connectivity index (χ1n) is 9.22. The number of allylic oxidation sites excluding steroid dienone is 1. The summed E-state index contributed by atoms with van der Waals surface area (Å²) in [5.74, 6) is -1.18. The van der Waals surface area contributed by atoms with E-state index in [0.29, 0.717) is 22.9 Å². The summed E-state index contributed by atoms with van der Waals surface area (Å²) in [6.07, 6.45) is 1.12. The van der Waals surface area contributed by atoms with Gasteiger partial charge in [0.2, 0.25) is 0 Å². The number of hydrogen-bond donors (Lipinski definition) is 2. The van der Waals surface area contributed by atoms with E-state index >= 15 is 0 Å². The first kappa shape index (κ1) is 23.7. The van der Waals surface area contributed by atoms with Gasteiger partial charge in [0.1, 0.15) is 21.9 Å². The van der Waals surface area contributed by atoms with E-state index in [2.05, 4.69) is 11.9 Å². The van der Waals surface area contributed by atoms with Crippen LogP contribution in [0.5, 0.6) is 5.75 Å². The number of imide groups is 1. The minimum absolute atomic E-state index is 0.0435. The zero-order chi connectivity index (χ0) is 22.6. The van der Waals surface area contributed by atoms with Crippen LogP contribution in [0, 0.1) is 5.92 Å². The third kappa shape index (κ3) is 5.31. The van der Waals surface area contributed by atoms with Gasteiger partial charge in [0.05, 0.1) is 17.8 Å². The molecule has 7 nitrogen and oxygen atoms in total. The second kappa shape index (κ2) is 9.49. The summed E-state index contributed by atoms with van der Waals surface area (Å²) in [6.45, 7) is 8.73. The molecule has 0 aromatic heterocycles. The number of hydrogen-bond acceptors (Lipinski definition) is 6. The van der Waals surface area contributed by atoms with Crippen LogP contribution in [-0.4, -0.2) is 46.3 Å². The minimum atomic E-state index is -0.810. The third-order valence-corrected chi connectivity index (χ3v) is 4.82. The van der Waals surface area contributed by atoms with E-state index in [1.165, 1.54) is 7.11 Å². The van der Waals surface area contributed by atoms with Gasteiger partial charge in [-0.25, -0.2) is 9.69 Å². The summed E-state index contributed by atoms with van der Waals surface area (Å²) >= 11 is 11.5. The lowest BCUT2D eigenvalue weighted by molar-refractivity contribution is -0.127. The molecule has 0 saturated carbocycles. The topological polar surface area (TPSA) is 88.1 Å². The van der Waals surface area contributed by atoms with Crippen LogP contribution in [0.25, 0.3) is 0 Å². The Morgan fingerprint density at radius 3 is 2.70 bits per heavy atom. The number of ether oxygens (including phenoxy) is 2. The average Bonchev–Trinajstić information content (AvgIpc) is 2.63. The largest absolute Gasteiger partial charge is 0.511 e. The van der Waals surface area contributed by atoms with Crippen molar-refractivity contribution in [2.24, 2.45) is 5.92 Å². The number of rotatable bonds is 5. The Labute approximate surface area is 186 Å². The first-order chi connectivity index (χ1) is 14.0. The molecular formula is C21H25ClN2O5S. The van der Waals surface area contributed by atoms with E-state index in [-0.39, 0.29) is 22.9 Å². The van der Waals surface area contributed by atoms with E-state index in [4.69, 9.17) is 33.3 Å². The molecule has 1 aromatic rings. The molecule has 0 saturated heterocycles. The maximum absolute atomic E-state index is 13.1. The summed E-state index contributed by atoms with van der Waals surface area (Å²) in [4.78, 5) is 26.5. The summed E-state index contributed by atoms with van der Waals surface area (Å²) in [5, 5.41) is 14.0. The lowest BCUT2D eigenvalue weighted by Crippen LogP contribution is -2.49. The van der Waals surface area contributed by atoms with Crippen LogP contribution in [0.15, 0.2) is 42.2 Å². The van der Waals surface area contributed by atoms with E-state index < -0.39 is 23.5 Å². The van der Waals surface area contributed by atoms with Gasteiger partial charge >= 0.3 is 6.09 Å². The number of benzene rings is 1. The number of aliphatic hydroxyl groups is 1. The molecule has 1 aliphatic heterocycles. The van der Waals surface area contributed by atoms with E-state index in [1.54, 1.807) is 45.0 Å². The molecule has 9 heteroatoms. The van der Waals surface area contributed by atoms with Crippen molar-refractivity contribution in [2.75, 3.05) is 19.0 Å². The molecule has 0 radical (unpaired) electrons. The fourth-order valence-electron chi connectivity index (χ4n) is 2.91. The van der Waals surface area contributed by atoms with Crippen LogP contribution < -0.4 is 10.1 Å². The number of para-hydroxylation sites is 1. The van der Waals surface area contributed by atoms with Crippen molar-refractivity contribution < 1.29 is 24.2 Å². The zero-order valence-electron chi connectivity index (χ0n) is 17.3. The Kier molecular flexibility index (Phi) is 7.49. The van der Waals surface area contributed by atoms with Gasteiger partial charge < -0.3 is 19.9 Å². The fraction of sp³-hybridized carbons (Fsp3) is 0.381. The number of carbonyl (C=O) groups excluding carboxylic acids is 2. The number of nitrogens with zero attached hydrogens (tertiary/aromatic N) is 1. The Morgan fingerprint density at radius 1 is 1.47 bits per heavy atom. The molecular weight excluding hydrogens is 428 g/mol. The second-order valence-electron chi connectivity index (χ2n) is 7.65. The van der Waals surface area contributed by atoms with Crippen LogP contribution in [0.2, 0.25) is 5.02 Å². The third-order valence-electron chi connectivity index (χ3n) is 4.22. The molecule has 0 bridgehead atoms. The van der Waals surface area contributed by atoms with Crippen LogP contribution >= 0.6 is 23.8 Å². The average molecular weight is 453 g/mol. The summed E-state index contributed by atoms with van der Waals surface area (Å²) in [5.41, 5.74) is -0.560. The molecule has 1 unspecified atom stereocenters. The SMILES string of the molecule is C=CCC1CN(C(=O)OC(C)(C)C)C(=O)C(C(=S)Nc2cccc(Cl)c2OC)=C1O. The number of nitrogens with one attached hydrogen (secondary N) is 1. The van der Waals surface area contributed by atoms with E-state index in [1.807, 2.05) is 0 Å². The minimum Gasteiger partial charge on any atom is -0.511 e. The molecule has 0 aliphatic carbocycles. The lowest BCUT2D eigenvalue weighted by atomic mass is 9.93. The second-order valence-corrected chi connectivity index (χ2v) is 8.47. The monoisotopic (exact) mass is 452 g/mol. The maximum Gasteiger partial charge on any atom is 0.417 e. The standard InChI is InChI=1S/C21H25ClN2O5S/c1-6-8-12-11-24(20(27)29-21(2,3)4)19(26)15(16(12)25)18(30)23-14-10-7-9-13(22)17(14)28-5/h6-7,9-10,12,25H,1,8,11H2,2-5H3,(H,23,30). The highest BCUT2D eigenvalue weighted by molar-refractivity contribution is 7.81. The summed E-state index contributed by atoms with van der Waals surface area (Å²) in [7, 11) is 1.45. The van der Waals surface area contributed by atoms with Crippen LogP contribution in [0.1, 0.15) is 27.2 Å². The quantitative estimate of drug-likeness (QED) is 0.486. The van der Waals surface area contributed by atoms with Crippen molar-refractivity contribution in [3.8, 4) is 5.75 Å². The lowest BCUT2D eigenvalue weighted by Gasteiger charge is -2.33. The number of aliphatic hydroxyl groups excluding tert-OH is 1. The molecule has 2 amide bonds. The molecule has 2 N–H and O–H groups in total. The Balaban J connectivity index is 2.41. The normalized spacial score (nSPS) is 16.9. The number of halogens is 1.